The van der Waals surface area contributed by atoms with Crippen molar-refractivity contribution < 1.29 is 14.4 Å². The number of fused-ring (bicyclic) bond motifs is 5. The number of imide groups is 1. The van der Waals surface area contributed by atoms with E-state index in [4.69, 9.17) is 0 Å². The molecule has 1 heterocycles. The van der Waals surface area contributed by atoms with Crippen LogP contribution in [-0.4, -0.2) is 34.8 Å². The van der Waals surface area contributed by atoms with Crippen molar-refractivity contribution in [2.45, 2.75) is 98.6 Å². The third-order valence-corrected chi connectivity index (χ3v) is 9.29. The highest BCUT2D eigenvalue weighted by Crippen LogP contribution is 2.65. The fourth-order valence-electron chi connectivity index (χ4n) is 7.67. The molecule has 3 aliphatic carbocycles. The molecule has 6 nitrogen and oxygen atoms in total. The zero-order chi connectivity index (χ0) is 23.4. The van der Waals surface area contributed by atoms with Crippen LogP contribution in [0.4, 0.5) is 4.79 Å². The van der Waals surface area contributed by atoms with Gasteiger partial charge in [-0.05, 0) is 89.4 Å². The van der Waals surface area contributed by atoms with E-state index in [0.29, 0.717) is 24.2 Å². The summed E-state index contributed by atoms with van der Waals surface area (Å²) in [5.74, 6) is 1.65. The fraction of sp³-hybridized carbons (Fsp3) is 0.808. The quantitative estimate of drug-likeness (QED) is 0.669. The van der Waals surface area contributed by atoms with E-state index in [1.165, 1.54) is 4.90 Å². The highest BCUT2D eigenvalue weighted by Gasteiger charge is 2.60. The van der Waals surface area contributed by atoms with E-state index in [9.17, 15) is 14.4 Å². The molecule has 0 spiro atoms. The van der Waals surface area contributed by atoms with Crippen LogP contribution in [-0.2, 0) is 9.59 Å². The molecule has 4 aliphatic rings. The Balaban J connectivity index is 1.58. The van der Waals surface area contributed by atoms with Gasteiger partial charge in [0.2, 0.25) is 11.8 Å². The van der Waals surface area contributed by atoms with Crippen LogP contribution in [0.1, 0.15) is 86.5 Å². The van der Waals surface area contributed by atoms with Crippen molar-refractivity contribution >= 4 is 17.8 Å². The van der Waals surface area contributed by atoms with Crippen LogP contribution in [0.5, 0.6) is 0 Å². The molecule has 32 heavy (non-hydrogen) atoms. The van der Waals surface area contributed by atoms with Crippen LogP contribution in [0.25, 0.3) is 0 Å². The van der Waals surface area contributed by atoms with Gasteiger partial charge in [0.15, 0.2) is 0 Å². The summed E-state index contributed by atoms with van der Waals surface area (Å²) in [7, 11) is 0. The summed E-state index contributed by atoms with van der Waals surface area (Å²) in [5, 5.41) is 6.08. The molecule has 1 saturated heterocycles. The highest BCUT2D eigenvalue weighted by atomic mass is 16.2. The average Bonchev–Trinajstić information content (AvgIpc) is 3.05. The molecular weight excluding hydrogens is 402 g/mol. The van der Waals surface area contributed by atoms with Crippen molar-refractivity contribution in [1.82, 2.24) is 15.5 Å². The van der Waals surface area contributed by atoms with E-state index >= 15 is 0 Å². The van der Waals surface area contributed by atoms with Crippen LogP contribution in [0.3, 0.4) is 0 Å². The summed E-state index contributed by atoms with van der Waals surface area (Å²) in [5.41, 5.74) is 1.12. The van der Waals surface area contributed by atoms with E-state index in [1.54, 1.807) is 0 Å². The Morgan fingerprint density at radius 3 is 2.47 bits per heavy atom. The molecule has 2 saturated carbocycles. The van der Waals surface area contributed by atoms with Crippen molar-refractivity contribution in [2.75, 3.05) is 0 Å². The Labute approximate surface area is 192 Å². The van der Waals surface area contributed by atoms with Crippen LogP contribution in [0.2, 0.25) is 0 Å². The maximum Gasteiger partial charge on any atom is 0.324 e. The summed E-state index contributed by atoms with van der Waals surface area (Å²) in [6.45, 7) is 12.4. The monoisotopic (exact) mass is 443 g/mol. The van der Waals surface area contributed by atoms with Crippen molar-refractivity contribution in [1.29, 1.82) is 0 Å². The molecule has 6 heteroatoms. The van der Waals surface area contributed by atoms with E-state index in [-0.39, 0.29) is 46.7 Å². The number of carbonyl (C=O) groups is 3. The molecule has 6 atom stereocenters. The first-order chi connectivity index (χ1) is 15.0. The number of nitrogens with one attached hydrogen (secondary N) is 2. The predicted molar refractivity (Wildman–Crippen MR) is 124 cm³/mol. The Kier molecular flexibility index (Phi) is 5.96. The van der Waals surface area contributed by atoms with Crippen molar-refractivity contribution in [3.63, 3.8) is 0 Å². The molecule has 1 aliphatic heterocycles. The number of allylic oxidation sites excluding steroid dienone is 2. The lowest BCUT2D eigenvalue weighted by atomic mass is 9.49. The van der Waals surface area contributed by atoms with Crippen LogP contribution >= 0.6 is 0 Å². The number of urea groups is 1. The maximum atomic E-state index is 13.8. The summed E-state index contributed by atoms with van der Waals surface area (Å²) in [6, 6.07) is -0.430. The standard InChI is InChI=1S/C26H41N3O3/c1-15(2)27-24(32)29(16(3)4)23(31)20-9-8-18-17-7-10-21-26(6,14-12-22(30)28-21)19(17)11-13-25(18,20)5/h10,15-20H,7-9,11-14H2,1-6H3,(H,27,32)(H,28,30)/t17-,18-,19-,20+,25-,26+/m0/s1. The highest BCUT2D eigenvalue weighted by molar-refractivity contribution is 5.96. The van der Waals surface area contributed by atoms with Crippen molar-refractivity contribution in [3.8, 4) is 0 Å². The van der Waals surface area contributed by atoms with Gasteiger partial charge in [-0.2, -0.15) is 0 Å². The lowest BCUT2D eigenvalue weighted by Gasteiger charge is -2.57. The van der Waals surface area contributed by atoms with E-state index in [0.717, 1.165) is 44.2 Å². The Bertz CT molecular complexity index is 834. The largest absolute Gasteiger partial charge is 0.335 e. The molecule has 4 rings (SSSR count). The van der Waals surface area contributed by atoms with Gasteiger partial charge in [-0.25, -0.2) is 4.79 Å². The molecule has 0 aromatic heterocycles. The van der Waals surface area contributed by atoms with Crippen molar-refractivity contribution in [2.24, 2.45) is 34.5 Å². The predicted octanol–water partition coefficient (Wildman–Crippen LogP) is 4.60. The lowest BCUT2D eigenvalue weighted by Crippen LogP contribution is -2.56. The fourth-order valence-corrected chi connectivity index (χ4v) is 7.67. The lowest BCUT2D eigenvalue weighted by molar-refractivity contribution is -0.141. The second-order valence-corrected chi connectivity index (χ2v) is 11.8. The van der Waals surface area contributed by atoms with E-state index in [1.807, 2.05) is 27.7 Å². The Hall–Kier alpha value is -1.85. The molecule has 3 fully saturated rings. The molecule has 4 amide bonds. The third kappa shape index (κ3) is 3.58. The number of hydrogen-bond donors (Lipinski definition) is 2. The normalized spacial score (nSPS) is 38.4. The number of nitrogens with zero attached hydrogens (tertiary/aromatic N) is 1. The minimum atomic E-state index is -0.267. The van der Waals surface area contributed by atoms with Gasteiger partial charge in [0.25, 0.3) is 0 Å². The second kappa shape index (κ2) is 8.18. The first kappa shape index (κ1) is 23.3. The summed E-state index contributed by atoms with van der Waals surface area (Å²) >= 11 is 0. The molecule has 0 unspecified atom stereocenters. The first-order valence-corrected chi connectivity index (χ1v) is 12.6. The summed E-state index contributed by atoms with van der Waals surface area (Å²) in [4.78, 5) is 40.1. The van der Waals surface area contributed by atoms with Gasteiger partial charge in [0.1, 0.15) is 0 Å². The average molecular weight is 444 g/mol. The number of carbonyl (C=O) groups excluding carboxylic acids is 3. The molecule has 0 aromatic carbocycles. The molecule has 2 N–H and O–H groups in total. The number of rotatable bonds is 3. The Morgan fingerprint density at radius 1 is 1.09 bits per heavy atom. The second-order valence-electron chi connectivity index (χ2n) is 11.8. The van der Waals surface area contributed by atoms with Crippen molar-refractivity contribution in [3.05, 3.63) is 11.8 Å². The van der Waals surface area contributed by atoms with E-state index < -0.39 is 0 Å². The van der Waals surface area contributed by atoms with Gasteiger partial charge < -0.3 is 10.6 Å². The maximum absolute atomic E-state index is 13.8. The molecule has 0 radical (unpaired) electrons. The van der Waals surface area contributed by atoms with Gasteiger partial charge in [0, 0.05) is 35.5 Å². The topological polar surface area (TPSA) is 78.5 Å². The van der Waals surface area contributed by atoms with Gasteiger partial charge in [-0.15, -0.1) is 0 Å². The molecule has 0 bridgehead atoms. The molecular formula is C26H41N3O3. The van der Waals surface area contributed by atoms with Gasteiger partial charge >= 0.3 is 6.03 Å². The Morgan fingerprint density at radius 2 is 1.81 bits per heavy atom. The van der Waals surface area contributed by atoms with Crippen LogP contribution in [0.15, 0.2) is 11.8 Å². The first-order valence-electron chi connectivity index (χ1n) is 12.6. The number of hydrogen-bond acceptors (Lipinski definition) is 3. The van der Waals surface area contributed by atoms with Gasteiger partial charge in [-0.1, -0.05) is 19.9 Å². The zero-order valence-electron chi connectivity index (χ0n) is 20.7. The minimum Gasteiger partial charge on any atom is -0.335 e. The van der Waals surface area contributed by atoms with Crippen LogP contribution < -0.4 is 10.6 Å². The molecule has 178 valence electrons. The van der Waals surface area contributed by atoms with Crippen LogP contribution in [0, 0.1) is 34.5 Å². The SMILES string of the molecule is CC(C)NC(=O)N(C(=O)[C@H]1CC[C@H]2[C@@H]3CC=C4NC(=O)CC[C@]4(C)[C@H]3CC[C@]12C)C(C)C. The van der Waals surface area contributed by atoms with E-state index in [2.05, 4.69) is 30.6 Å². The smallest absolute Gasteiger partial charge is 0.324 e. The number of amides is 4. The summed E-state index contributed by atoms with van der Waals surface area (Å²) in [6.07, 6.45) is 8.81. The summed E-state index contributed by atoms with van der Waals surface area (Å²) < 4.78 is 0. The number of piperidine rings is 1. The molecule has 0 aromatic rings. The zero-order valence-corrected chi connectivity index (χ0v) is 20.7. The minimum absolute atomic E-state index is 0.00106. The third-order valence-electron chi connectivity index (χ3n) is 9.29. The van der Waals surface area contributed by atoms with Gasteiger partial charge in [0.05, 0.1) is 0 Å². The van der Waals surface area contributed by atoms with Gasteiger partial charge in [-0.3, -0.25) is 14.5 Å².